The van der Waals surface area contributed by atoms with Gasteiger partial charge in [-0.25, -0.2) is 22.8 Å². The minimum absolute atomic E-state index is 0.0192. The number of fused-ring (bicyclic) bond motifs is 1. The van der Waals surface area contributed by atoms with Crippen LogP contribution in [-0.4, -0.2) is 47.8 Å². The van der Waals surface area contributed by atoms with Crippen LogP contribution in [0.2, 0.25) is 0 Å². The molecule has 44 heavy (non-hydrogen) atoms. The van der Waals surface area contributed by atoms with Crippen LogP contribution in [0.4, 0.5) is 23.4 Å². The van der Waals surface area contributed by atoms with Gasteiger partial charge in [0.2, 0.25) is 0 Å². The van der Waals surface area contributed by atoms with Gasteiger partial charge in [0.15, 0.2) is 18.2 Å². The van der Waals surface area contributed by atoms with Crippen LogP contribution in [0, 0.1) is 5.82 Å². The predicted octanol–water partition coefficient (Wildman–Crippen LogP) is 6.43. The lowest BCUT2D eigenvalue weighted by Gasteiger charge is -2.34. The third-order valence-corrected chi connectivity index (χ3v) is 8.63. The maximum Gasteiger partial charge on any atom is 0.422 e. The van der Waals surface area contributed by atoms with Crippen LogP contribution in [0.15, 0.2) is 64.3 Å². The molecular formula is C30H31F4N5O4S. The van der Waals surface area contributed by atoms with Crippen molar-refractivity contribution < 1.29 is 35.2 Å². The molecule has 1 aliphatic heterocycles. The number of hydrogen-bond acceptors (Lipinski definition) is 8. The van der Waals surface area contributed by atoms with E-state index in [9.17, 15) is 26.0 Å². The van der Waals surface area contributed by atoms with Gasteiger partial charge in [-0.2, -0.15) is 13.2 Å². The first-order valence-electron chi connectivity index (χ1n) is 13.8. The molecule has 1 atom stereocenters. The van der Waals surface area contributed by atoms with Crippen molar-refractivity contribution in [3.63, 3.8) is 0 Å². The zero-order valence-electron chi connectivity index (χ0n) is 24.4. The molecule has 4 aromatic rings. The molecule has 0 saturated carbocycles. The van der Waals surface area contributed by atoms with E-state index in [1.54, 1.807) is 18.2 Å². The van der Waals surface area contributed by atoms with Crippen LogP contribution in [0.25, 0.3) is 11.1 Å². The summed E-state index contributed by atoms with van der Waals surface area (Å²) in [4.78, 5) is 9.91. The molecular weight excluding hydrogens is 602 g/mol. The summed E-state index contributed by atoms with van der Waals surface area (Å²) in [5.74, 6) is -0.126. The quantitative estimate of drug-likeness (QED) is 0.221. The number of alkyl halides is 3. The molecule has 0 spiro atoms. The van der Waals surface area contributed by atoms with Crippen molar-refractivity contribution in [3.05, 3.63) is 83.1 Å². The summed E-state index contributed by atoms with van der Waals surface area (Å²) >= 11 is 0. The van der Waals surface area contributed by atoms with Gasteiger partial charge in [-0.3, -0.25) is 9.62 Å². The highest BCUT2D eigenvalue weighted by molar-refractivity contribution is 7.92. The summed E-state index contributed by atoms with van der Waals surface area (Å²) in [7, 11) is -4.13. The molecule has 0 radical (unpaired) electrons. The molecule has 9 nitrogen and oxygen atoms in total. The Bertz CT molecular complexity index is 1750. The first-order valence-corrected chi connectivity index (χ1v) is 15.3. The predicted molar refractivity (Wildman–Crippen MR) is 154 cm³/mol. The fourth-order valence-corrected chi connectivity index (χ4v) is 6.05. The first kappa shape index (κ1) is 31.4. The summed E-state index contributed by atoms with van der Waals surface area (Å²) in [5, 5.41) is 4.01. The highest BCUT2D eigenvalue weighted by atomic mass is 32.2. The summed E-state index contributed by atoms with van der Waals surface area (Å²) < 4.78 is 91.3. The average molecular weight is 634 g/mol. The molecule has 0 bridgehead atoms. The Balaban J connectivity index is 1.36. The number of halogens is 4. The summed E-state index contributed by atoms with van der Waals surface area (Å²) in [6, 6.07) is 10.1. The Hall–Kier alpha value is -4.04. The third-order valence-electron chi connectivity index (χ3n) is 7.29. The molecule has 1 aliphatic rings. The minimum atomic E-state index is -4.49. The van der Waals surface area contributed by atoms with Crippen molar-refractivity contribution >= 4 is 15.8 Å². The van der Waals surface area contributed by atoms with E-state index in [1.165, 1.54) is 36.7 Å². The average Bonchev–Trinajstić information content (AvgIpc) is 3.38. The van der Waals surface area contributed by atoms with Crippen molar-refractivity contribution in [1.29, 1.82) is 0 Å². The fraction of sp³-hybridized carbons (Fsp3) is 0.367. The Morgan fingerprint density at radius 2 is 1.80 bits per heavy atom. The van der Waals surface area contributed by atoms with E-state index in [-0.39, 0.29) is 22.8 Å². The molecule has 2 aromatic heterocycles. The monoisotopic (exact) mass is 633 g/mol. The van der Waals surface area contributed by atoms with E-state index in [1.807, 2.05) is 27.7 Å². The summed E-state index contributed by atoms with van der Waals surface area (Å²) in [5.41, 5.74) is 2.70. The number of sulfonamides is 1. The zero-order valence-corrected chi connectivity index (χ0v) is 25.3. The lowest BCUT2D eigenvalue weighted by Crippen LogP contribution is -2.33. The second-order valence-electron chi connectivity index (χ2n) is 11.6. The van der Waals surface area contributed by atoms with E-state index >= 15 is 0 Å². The first-order chi connectivity index (χ1) is 20.6. The van der Waals surface area contributed by atoms with Gasteiger partial charge in [0.1, 0.15) is 5.82 Å². The minimum Gasteiger partial charge on any atom is -0.454 e. The number of aromatic nitrogens is 3. The largest absolute Gasteiger partial charge is 0.454 e. The van der Waals surface area contributed by atoms with Gasteiger partial charge in [0, 0.05) is 42.5 Å². The molecule has 0 unspecified atom stereocenters. The highest BCUT2D eigenvalue weighted by Crippen LogP contribution is 2.39. The molecule has 2 aromatic carbocycles. The Morgan fingerprint density at radius 1 is 1.07 bits per heavy atom. The summed E-state index contributed by atoms with van der Waals surface area (Å²) in [6.07, 6.45) is -0.997. The van der Waals surface area contributed by atoms with Crippen molar-refractivity contribution in [2.24, 2.45) is 0 Å². The van der Waals surface area contributed by atoms with Crippen LogP contribution < -0.4 is 9.46 Å². The summed E-state index contributed by atoms with van der Waals surface area (Å²) in [6.45, 7) is 7.15. The van der Waals surface area contributed by atoms with Crippen molar-refractivity contribution in [3.8, 4) is 17.1 Å². The van der Waals surface area contributed by atoms with Crippen LogP contribution in [0.5, 0.6) is 6.01 Å². The SMILES string of the molecule is C[C@H](c1cnc(OCC(F)(F)F)nc1)N1CCc2ccc(S(=O)(=O)Nc3noc(C(C)(C)C)c3-c3cccc(F)c3)cc2C1. The number of benzene rings is 2. The van der Waals surface area contributed by atoms with Gasteiger partial charge in [-0.1, -0.05) is 44.1 Å². The van der Waals surface area contributed by atoms with E-state index in [0.29, 0.717) is 42.0 Å². The molecule has 0 amide bonds. The van der Waals surface area contributed by atoms with Crippen LogP contribution >= 0.6 is 0 Å². The van der Waals surface area contributed by atoms with Crippen LogP contribution in [-0.2, 0) is 28.4 Å². The number of anilines is 1. The number of nitrogens with one attached hydrogen (secondary N) is 1. The molecule has 234 valence electrons. The molecule has 0 aliphatic carbocycles. The van der Waals surface area contributed by atoms with Gasteiger partial charge in [0.05, 0.1) is 10.5 Å². The fourth-order valence-electron chi connectivity index (χ4n) is 5.00. The second kappa shape index (κ2) is 11.8. The van der Waals surface area contributed by atoms with Gasteiger partial charge >= 0.3 is 12.2 Å². The van der Waals surface area contributed by atoms with Gasteiger partial charge < -0.3 is 9.26 Å². The number of rotatable bonds is 8. The van der Waals surface area contributed by atoms with E-state index < -0.39 is 34.0 Å². The molecule has 1 N–H and O–H groups in total. The molecule has 3 heterocycles. The Labute approximate surface area is 252 Å². The highest BCUT2D eigenvalue weighted by Gasteiger charge is 2.31. The second-order valence-corrected chi connectivity index (χ2v) is 13.3. The number of hydrogen-bond donors (Lipinski definition) is 1. The van der Waals surface area contributed by atoms with E-state index in [2.05, 4.69) is 29.5 Å². The topological polar surface area (TPSA) is 110 Å². The van der Waals surface area contributed by atoms with E-state index in [0.717, 1.165) is 11.1 Å². The lowest BCUT2D eigenvalue weighted by atomic mass is 9.88. The molecule has 5 rings (SSSR count). The van der Waals surface area contributed by atoms with Crippen molar-refractivity contribution in [2.75, 3.05) is 17.9 Å². The van der Waals surface area contributed by atoms with Gasteiger partial charge in [-0.15, -0.1) is 0 Å². The maximum atomic E-state index is 14.1. The Morgan fingerprint density at radius 3 is 2.45 bits per heavy atom. The Kier molecular flexibility index (Phi) is 8.42. The van der Waals surface area contributed by atoms with Crippen LogP contribution in [0.1, 0.15) is 56.2 Å². The standard InChI is InChI=1S/C30H31F4N5O4S/c1-18(22-14-35-28(36-15-22)42-17-30(32,33)34)39-11-10-19-8-9-24(13-21(19)16-39)44(40,41)38-27-25(20-6-5-7-23(31)12-20)26(43-37-27)29(2,3)4/h5-9,12-15,18H,10-11,16-17H2,1-4H3,(H,37,38)/t18-/m1/s1. The maximum absolute atomic E-state index is 14.1. The zero-order chi connectivity index (χ0) is 31.9. The normalized spacial score (nSPS) is 15.1. The molecule has 14 heteroatoms. The molecule has 0 saturated heterocycles. The molecule has 0 fully saturated rings. The number of nitrogens with zero attached hydrogens (tertiary/aromatic N) is 4. The van der Waals surface area contributed by atoms with Crippen molar-refractivity contribution in [2.45, 2.75) is 63.2 Å². The van der Waals surface area contributed by atoms with Gasteiger partial charge in [0.25, 0.3) is 10.0 Å². The van der Waals surface area contributed by atoms with E-state index in [4.69, 9.17) is 4.52 Å². The lowest BCUT2D eigenvalue weighted by molar-refractivity contribution is -0.154. The van der Waals surface area contributed by atoms with Gasteiger partial charge in [-0.05, 0) is 54.3 Å². The van der Waals surface area contributed by atoms with Crippen molar-refractivity contribution in [1.82, 2.24) is 20.0 Å². The smallest absolute Gasteiger partial charge is 0.422 e. The third kappa shape index (κ3) is 7.02. The van der Waals surface area contributed by atoms with Crippen LogP contribution in [0.3, 0.4) is 0 Å². The number of ether oxygens (including phenoxy) is 1.